The highest BCUT2D eigenvalue weighted by Gasteiger charge is 1.91. The molecule has 0 aliphatic rings. The van der Waals surface area contributed by atoms with E-state index < -0.39 is 0 Å². The molecule has 0 heterocycles. The van der Waals surface area contributed by atoms with Crippen LogP contribution in [0.15, 0.2) is 60.4 Å². The van der Waals surface area contributed by atoms with Crippen molar-refractivity contribution < 1.29 is 5.11 Å². The van der Waals surface area contributed by atoms with Crippen LogP contribution >= 0.6 is 0 Å². The summed E-state index contributed by atoms with van der Waals surface area (Å²) in [6, 6.07) is 0. The first kappa shape index (κ1) is 11.5. The molecule has 0 radical (unpaired) electrons. The lowest BCUT2D eigenvalue weighted by Crippen LogP contribution is -1.81. The topological polar surface area (TPSA) is 20.2 Å². The van der Waals surface area contributed by atoms with Crippen molar-refractivity contribution in [2.75, 3.05) is 0 Å². The lowest BCUT2D eigenvalue weighted by atomic mass is 10.2. The molecular formula is C12H16O. The van der Waals surface area contributed by atoms with Crippen LogP contribution < -0.4 is 0 Å². The fourth-order valence-electron chi connectivity index (χ4n) is 0.683. The van der Waals surface area contributed by atoms with Gasteiger partial charge in [0.1, 0.15) is 5.76 Å². The molecule has 1 heteroatoms. The highest BCUT2D eigenvalue weighted by atomic mass is 16.3. The lowest BCUT2D eigenvalue weighted by molar-refractivity contribution is 0.423. The van der Waals surface area contributed by atoms with E-state index in [2.05, 4.69) is 6.58 Å². The van der Waals surface area contributed by atoms with Gasteiger partial charge in [0.25, 0.3) is 0 Å². The minimum Gasteiger partial charge on any atom is -0.508 e. The molecule has 0 spiro atoms. The fourth-order valence-corrected chi connectivity index (χ4v) is 0.683. The minimum absolute atomic E-state index is 0.284. The number of aliphatic hydroxyl groups is 1. The molecule has 0 fully saturated rings. The lowest BCUT2D eigenvalue weighted by Gasteiger charge is -1.95. The Labute approximate surface area is 80.1 Å². The molecule has 0 rings (SSSR count). The van der Waals surface area contributed by atoms with Gasteiger partial charge in [-0.1, -0.05) is 43.0 Å². The predicted octanol–water partition coefficient (Wildman–Crippen LogP) is 3.69. The van der Waals surface area contributed by atoms with Crippen LogP contribution in [0.25, 0.3) is 0 Å². The van der Waals surface area contributed by atoms with Gasteiger partial charge in [-0.05, 0) is 25.5 Å². The first-order valence-corrected chi connectivity index (χ1v) is 4.20. The third-order valence-electron chi connectivity index (χ3n) is 1.44. The summed E-state index contributed by atoms with van der Waals surface area (Å²) >= 11 is 0. The van der Waals surface area contributed by atoms with Gasteiger partial charge in [0.05, 0.1) is 0 Å². The van der Waals surface area contributed by atoms with Crippen molar-refractivity contribution >= 4 is 0 Å². The second-order valence-electron chi connectivity index (χ2n) is 2.55. The van der Waals surface area contributed by atoms with Crippen LogP contribution in [0.2, 0.25) is 0 Å². The van der Waals surface area contributed by atoms with E-state index in [1.807, 2.05) is 38.2 Å². The van der Waals surface area contributed by atoms with Gasteiger partial charge >= 0.3 is 0 Å². The number of hydrogen-bond donors (Lipinski definition) is 1. The largest absolute Gasteiger partial charge is 0.508 e. The summed E-state index contributed by atoms with van der Waals surface area (Å²) in [6.45, 7) is 7.30. The molecule has 1 N–H and O–H groups in total. The van der Waals surface area contributed by atoms with Crippen LogP contribution in [-0.4, -0.2) is 5.11 Å². The Morgan fingerprint density at radius 1 is 1.15 bits per heavy atom. The van der Waals surface area contributed by atoms with Gasteiger partial charge in [-0.2, -0.15) is 0 Å². The van der Waals surface area contributed by atoms with E-state index in [9.17, 15) is 5.11 Å². The summed E-state index contributed by atoms with van der Waals surface area (Å²) in [5.41, 5.74) is 0.830. The average molecular weight is 176 g/mol. The molecule has 0 amide bonds. The third kappa shape index (κ3) is 5.74. The standard InChI is InChI=1S/C12H16O/c1-4-6-8-9-11(3)12(13)10-7-5-2/h4-10,13H,1H2,2-3H3/b7-5-,8-6-,11-9+,12-10+. The number of aliphatic hydroxyl groups excluding tert-OH is 1. The van der Waals surface area contributed by atoms with E-state index in [1.165, 1.54) is 0 Å². The van der Waals surface area contributed by atoms with Gasteiger partial charge in [-0.25, -0.2) is 0 Å². The quantitative estimate of drug-likeness (QED) is 0.511. The van der Waals surface area contributed by atoms with Crippen LogP contribution in [0, 0.1) is 0 Å². The maximum atomic E-state index is 9.43. The molecule has 1 nitrogen and oxygen atoms in total. The monoisotopic (exact) mass is 176 g/mol. The molecule has 13 heavy (non-hydrogen) atoms. The van der Waals surface area contributed by atoms with E-state index in [-0.39, 0.29) is 5.76 Å². The molecule has 0 saturated carbocycles. The Morgan fingerprint density at radius 2 is 1.85 bits per heavy atom. The predicted molar refractivity (Wildman–Crippen MR) is 58.6 cm³/mol. The highest BCUT2D eigenvalue weighted by molar-refractivity contribution is 5.29. The summed E-state index contributed by atoms with van der Waals surface area (Å²) in [4.78, 5) is 0. The summed E-state index contributed by atoms with van der Waals surface area (Å²) < 4.78 is 0. The summed E-state index contributed by atoms with van der Waals surface area (Å²) in [5.74, 6) is 0.284. The van der Waals surface area contributed by atoms with Gasteiger partial charge in [-0.15, -0.1) is 0 Å². The Bertz CT molecular complexity index is 265. The number of hydrogen-bond acceptors (Lipinski definition) is 1. The van der Waals surface area contributed by atoms with Crippen LogP contribution in [0.1, 0.15) is 13.8 Å². The average Bonchev–Trinajstić information content (AvgIpc) is 2.14. The van der Waals surface area contributed by atoms with E-state index in [4.69, 9.17) is 0 Å². The van der Waals surface area contributed by atoms with E-state index in [0.29, 0.717) is 0 Å². The third-order valence-corrected chi connectivity index (χ3v) is 1.44. The zero-order chi connectivity index (χ0) is 10.1. The maximum absolute atomic E-state index is 9.43. The molecular weight excluding hydrogens is 160 g/mol. The van der Waals surface area contributed by atoms with Gasteiger partial charge in [-0.3, -0.25) is 0 Å². The van der Waals surface area contributed by atoms with Crippen molar-refractivity contribution in [2.24, 2.45) is 0 Å². The van der Waals surface area contributed by atoms with Crippen LogP contribution in [-0.2, 0) is 0 Å². The molecule has 0 aromatic heterocycles. The van der Waals surface area contributed by atoms with Crippen molar-refractivity contribution in [2.45, 2.75) is 13.8 Å². The minimum atomic E-state index is 0.284. The van der Waals surface area contributed by atoms with Gasteiger partial charge in [0, 0.05) is 0 Å². The summed E-state index contributed by atoms with van der Waals surface area (Å²) in [7, 11) is 0. The molecule has 0 unspecified atom stereocenters. The van der Waals surface area contributed by atoms with Crippen LogP contribution in [0.3, 0.4) is 0 Å². The Hall–Kier alpha value is -1.50. The highest BCUT2D eigenvalue weighted by Crippen LogP contribution is 2.05. The zero-order valence-electron chi connectivity index (χ0n) is 8.20. The van der Waals surface area contributed by atoms with Gasteiger partial charge in [0.15, 0.2) is 0 Å². The van der Waals surface area contributed by atoms with Gasteiger partial charge in [0.2, 0.25) is 0 Å². The summed E-state index contributed by atoms with van der Waals surface area (Å²) in [5, 5.41) is 9.43. The first-order chi connectivity index (χ1) is 6.22. The van der Waals surface area contributed by atoms with Crippen molar-refractivity contribution in [1.29, 1.82) is 0 Å². The Kier molecular flexibility index (Phi) is 6.34. The molecule has 0 atom stereocenters. The van der Waals surface area contributed by atoms with Crippen molar-refractivity contribution in [3.05, 3.63) is 60.4 Å². The van der Waals surface area contributed by atoms with E-state index in [0.717, 1.165) is 5.57 Å². The molecule has 0 saturated heterocycles. The normalized spacial score (nSPS) is 14.3. The van der Waals surface area contributed by atoms with Gasteiger partial charge < -0.3 is 5.11 Å². The van der Waals surface area contributed by atoms with Crippen molar-refractivity contribution in [3.8, 4) is 0 Å². The van der Waals surface area contributed by atoms with Crippen molar-refractivity contribution in [1.82, 2.24) is 0 Å². The second-order valence-corrected chi connectivity index (χ2v) is 2.55. The number of rotatable bonds is 4. The summed E-state index contributed by atoms with van der Waals surface area (Å²) in [6.07, 6.45) is 12.5. The maximum Gasteiger partial charge on any atom is 0.118 e. The smallest absolute Gasteiger partial charge is 0.118 e. The van der Waals surface area contributed by atoms with Crippen LogP contribution in [0.5, 0.6) is 0 Å². The Balaban J connectivity index is 4.39. The molecule has 0 aliphatic carbocycles. The number of allylic oxidation sites excluding steroid dienone is 8. The molecule has 0 aromatic carbocycles. The Morgan fingerprint density at radius 3 is 2.38 bits per heavy atom. The zero-order valence-corrected chi connectivity index (χ0v) is 8.20. The first-order valence-electron chi connectivity index (χ1n) is 4.20. The van der Waals surface area contributed by atoms with Crippen molar-refractivity contribution in [3.63, 3.8) is 0 Å². The molecule has 0 aliphatic heterocycles. The fraction of sp³-hybridized carbons (Fsp3) is 0.167. The van der Waals surface area contributed by atoms with E-state index in [1.54, 1.807) is 18.2 Å². The molecule has 70 valence electrons. The SMILES string of the molecule is C=C\C=C/C=C(C)/C(O)=C\C=C/C. The van der Waals surface area contributed by atoms with Crippen LogP contribution in [0.4, 0.5) is 0 Å². The molecule has 0 aromatic rings. The second kappa shape index (κ2) is 7.17. The van der Waals surface area contributed by atoms with E-state index >= 15 is 0 Å². The molecule has 0 bridgehead atoms.